The zero-order valence-electron chi connectivity index (χ0n) is 18.1. The van der Waals surface area contributed by atoms with Gasteiger partial charge < -0.3 is 10.1 Å². The number of hydrogen-bond acceptors (Lipinski definition) is 4. The Morgan fingerprint density at radius 3 is 2.47 bits per heavy atom. The summed E-state index contributed by atoms with van der Waals surface area (Å²) in [5, 5.41) is 2.83. The van der Waals surface area contributed by atoms with Gasteiger partial charge in [0.15, 0.2) is 6.61 Å². The van der Waals surface area contributed by atoms with Gasteiger partial charge in [0.05, 0.1) is 11.4 Å². The highest BCUT2D eigenvalue weighted by atomic mass is 32.2. The highest BCUT2D eigenvalue weighted by Crippen LogP contribution is 2.31. The molecule has 3 rings (SSSR count). The summed E-state index contributed by atoms with van der Waals surface area (Å²) in [6.07, 6.45) is 1.54. The molecule has 0 saturated heterocycles. The second-order valence-electron chi connectivity index (χ2n) is 8.53. The van der Waals surface area contributed by atoms with Crippen molar-refractivity contribution in [2.45, 2.75) is 46.0 Å². The van der Waals surface area contributed by atoms with Crippen LogP contribution in [0.1, 0.15) is 45.2 Å². The Hall–Kier alpha value is -2.54. The topological polar surface area (TPSA) is 75.7 Å². The summed E-state index contributed by atoms with van der Waals surface area (Å²) in [5.41, 5.74) is 3.54. The lowest BCUT2D eigenvalue weighted by Gasteiger charge is -2.30. The van der Waals surface area contributed by atoms with Gasteiger partial charge in [-0.15, -0.1) is 0 Å². The number of aryl methyl sites for hydroxylation is 1. The van der Waals surface area contributed by atoms with Crippen LogP contribution in [0.15, 0.2) is 42.5 Å². The monoisotopic (exact) mass is 430 g/mol. The van der Waals surface area contributed by atoms with E-state index in [0.29, 0.717) is 23.7 Å². The van der Waals surface area contributed by atoms with E-state index in [2.05, 4.69) is 26.1 Å². The molecule has 0 fully saturated rings. The zero-order valence-corrected chi connectivity index (χ0v) is 18.9. The summed E-state index contributed by atoms with van der Waals surface area (Å²) in [6, 6.07) is 13.1. The molecule has 0 spiro atoms. The number of fused-ring (bicyclic) bond motifs is 1. The molecule has 1 amide bonds. The molecule has 0 saturated carbocycles. The van der Waals surface area contributed by atoms with Crippen molar-refractivity contribution in [1.82, 2.24) is 0 Å². The van der Waals surface area contributed by atoms with Gasteiger partial charge in [0, 0.05) is 12.2 Å². The van der Waals surface area contributed by atoms with Gasteiger partial charge in [0.25, 0.3) is 5.91 Å². The Balaban J connectivity index is 1.62. The van der Waals surface area contributed by atoms with Crippen LogP contribution in [0.2, 0.25) is 0 Å². The molecule has 0 bridgehead atoms. The van der Waals surface area contributed by atoms with Crippen molar-refractivity contribution in [3.05, 3.63) is 53.6 Å². The van der Waals surface area contributed by atoms with Gasteiger partial charge in [-0.2, -0.15) is 0 Å². The van der Waals surface area contributed by atoms with Gasteiger partial charge >= 0.3 is 0 Å². The Kier molecular flexibility index (Phi) is 6.41. The van der Waals surface area contributed by atoms with E-state index >= 15 is 0 Å². The summed E-state index contributed by atoms with van der Waals surface area (Å²) in [6.45, 7) is 8.48. The molecule has 1 heterocycles. The minimum absolute atomic E-state index is 0.0639. The largest absolute Gasteiger partial charge is 0.484 e. The third-order valence-corrected chi connectivity index (χ3v) is 7.01. The lowest BCUT2D eigenvalue weighted by Crippen LogP contribution is -2.36. The number of nitrogens with zero attached hydrogens (tertiary/aromatic N) is 1. The number of hydrogen-bond donors (Lipinski definition) is 1. The number of carbonyl (C=O) groups is 1. The second-order valence-corrected chi connectivity index (χ2v) is 10.7. The standard InChI is InChI=1S/C23H30N2O4S/c1-5-30(27,28)25-14-6-7-17-15-19(10-13-21(17)25)24-22(26)16-29-20-11-8-18(9-12-20)23(2,3)4/h8-13,15H,5-7,14,16H2,1-4H3,(H,24,26). The van der Waals surface area contributed by atoms with Gasteiger partial charge in [-0.1, -0.05) is 32.9 Å². The lowest BCUT2D eigenvalue weighted by atomic mass is 9.87. The third-order valence-electron chi connectivity index (χ3n) is 5.23. The van der Waals surface area contributed by atoms with Crippen molar-refractivity contribution >= 4 is 27.3 Å². The predicted octanol–water partition coefficient (Wildman–Crippen LogP) is 4.10. The third kappa shape index (κ3) is 5.14. The fourth-order valence-electron chi connectivity index (χ4n) is 3.48. The molecule has 0 aliphatic carbocycles. The van der Waals surface area contributed by atoms with E-state index < -0.39 is 10.0 Å². The van der Waals surface area contributed by atoms with Crippen LogP contribution in [-0.4, -0.2) is 33.2 Å². The zero-order chi connectivity index (χ0) is 21.9. The maximum absolute atomic E-state index is 12.3. The maximum atomic E-state index is 12.3. The number of rotatable bonds is 6. The SMILES string of the molecule is CCS(=O)(=O)N1CCCc2cc(NC(=O)COc3ccc(C(C)(C)C)cc3)ccc21. The highest BCUT2D eigenvalue weighted by molar-refractivity contribution is 7.92. The second kappa shape index (κ2) is 8.68. The van der Waals surface area contributed by atoms with E-state index in [1.54, 1.807) is 19.1 Å². The van der Waals surface area contributed by atoms with Crippen LogP contribution in [0, 0.1) is 0 Å². The molecule has 0 aromatic heterocycles. The fourth-order valence-corrected chi connectivity index (χ4v) is 4.68. The molecule has 1 aliphatic rings. The Morgan fingerprint density at radius 2 is 1.83 bits per heavy atom. The summed E-state index contributed by atoms with van der Waals surface area (Å²) >= 11 is 0. The fraction of sp³-hybridized carbons (Fsp3) is 0.435. The number of carbonyl (C=O) groups excluding carboxylic acids is 1. The average Bonchev–Trinajstić information content (AvgIpc) is 2.71. The molecule has 6 nitrogen and oxygen atoms in total. The number of sulfonamides is 1. The van der Waals surface area contributed by atoms with Crippen LogP contribution in [0.25, 0.3) is 0 Å². The summed E-state index contributed by atoms with van der Waals surface area (Å²) in [4.78, 5) is 12.3. The molecule has 1 N–H and O–H groups in total. The molecular formula is C23H30N2O4S. The molecular weight excluding hydrogens is 400 g/mol. The van der Waals surface area contributed by atoms with Crippen molar-refractivity contribution < 1.29 is 17.9 Å². The summed E-state index contributed by atoms with van der Waals surface area (Å²) in [7, 11) is -3.30. The Labute approximate surface area is 179 Å². The predicted molar refractivity (Wildman–Crippen MR) is 121 cm³/mol. The van der Waals surface area contributed by atoms with Crippen LogP contribution in [0.3, 0.4) is 0 Å². The number of nitrogens with one attached hydrogen (secondary N) is 1. The number of amides is 1. The Bertz CT molecular complexity index is 1010. The Morgan fingerprint density at radius 1 is 1.13 bits per heavy atom. The first-order valence-corrected chi connectivity index (χ1v) is 11.9. The summed E-state index contributed by atoms with van der Waals surface area (Å²) in [5.74, 6) is 0.451. The number of anilines is 2. The van der Waals surface area contributed by atoms with E-state index in [9.17, 15) is 13.2 Å². The van der Waals surface area contributed by atoms with Crippen LogP contribution < -0.4 is 14.4 Å². The van der Waals surface area contributed by atoms with Gasteiger partial charge in [0.1, 0.15) is 5.75 Å². The average molecular weight is 431 g/mol. The van der Waals surface area contributed by atoms with E-state index in [0.717, 1.165) is 18.4 Å². The van der Waals surface area contributed by atoms with E-state index in [1.807, 2.05) is 30.3 Å². The minimum atomic E-state index is -3.30. The van der Waals surface area contributed by atoms with E-state index in [4.69, 9.17) is 4.74 Å². The van der Waals surface area contributed by atoms with Gasteiger partial charge in [0.2, 0.25) is 10.0 Å². The van der Waals surface area contributed by atoms with Crippen molar-refractivity contribution in [1.29, 1.82) is 0 Å². The smallest absolute Gasteiger partial charge is 0.262 e. The van der Waals surface area contributed by atoms with Gasteiger partial charge in [-0.3, -0.25) is 9.10 Å². The molecule has 2 aromatic carbocycles. The van der Waals surface area contributed by atoms with E-state index in [-0.39, 0.29) is 23.7 Å². The van der Waals surface area contributed by atoms with Crippen LogP contribution >= 0.6 is 0 Å². The minimum Gasteiger partial charge on any atom is -0.484 e. The molecule has 1 aliphatic heterocycles. The normalized spacial score (nSPS) is 14.2. The highest BCUT2D eigenvalue weighted by Gasteiger charge is 2.26. The van der Waals surface area contributed by atoms with E-state index in [1.165, 1.54) is 9.87 Å². The molecule has 0 unspecified atom stereocenters. The first kappa shape index (κ1) is 22.2. The first-order valence-electron chi connectivity index (χ1n) is 10.3. The molecule has 162 valence electrons. The maximum Gasteiger partial charge on any atom is 0.262 e. The molecule has 30 heavy (non-hydrogen) atoms. The quantitative estimate of drug-likeness (QED) is 0.749. The van der Waals surface area contributed by atoms with Crippen LogP contribution in [0.5, 0.6) is 5.75 Å². The van der Waals surface area contributed by atoms with Crippen LogP contribution in [-0.2, 0) is 26.7 Å². The molecule has 7 heteroatoms. The number of benzene rings is 2. The van der Waals surface area contributed by atoms with Crippen LogP contribution in [0.4, 0.5) is 11.4 Å². The molecule has 0 atom stereocenters. The van der Waals surface area contributed by atoms with Crippen molar-refractivity contribution in [2.24, 2.45) is 0 Å². The lowest BCUT2D eigenvalue weighted by molar-refractivity contribution is -0.118. The summed E-state index contributed by atoms with van der Waals surface area (Å²) < 4.78 is 31.7. The van der Waals surface area contributed by atoms with Crippen molar-refractivity contribution in [2.75, 3.05) is 28.5 Å². The van der Waals surface area contributed by atoms with Gasteiger partial charge in [-0.05, 0) is 66.6 Å². The molecule has 2 aromatic rings. The number of ether oxygens (including phenoxy) is 1. The van der Waals surface area contributed by atoms with Crippen molar-refractivity contribution in [3.63, 3.8) is 0 Å². The first-order chi connectivity index (χ1) is 14.1. The molecule has 0 radical (unpaired) electrons. The van der Waals surface area contributed by atoms with Gasteiger partial charge in [-0.25, -0.2) is 8.42 Å². The van der Waals surface area contributed by atoms with Crippen molar-refractivity contribution in [3.8, 4) is 5.75 Å².